The normalized spacial score (nSPS) is 11.9. The molecule has 2 rings (SSSR count). The molecule has 0 fully saturated rings. The smallest absolute Gasteiger partial charge is 0.244 e. The van der Waals surface area contributed by atoms with Crippen molar-refractivity contribution in [2.45, 2.75) is 60.5 Å². The van der Waals surface area contributed by atoms with E-state index < -0.39 is 0 Å². The molecule has 2 N–H and O–H groups in total. The molecule has 150 valence electrons. The summed E-state index contributed by atoms with van der Waals surface area (Å²) in [7, 11) is 0. The third-order valence-corrected chi connectivity index (χ3v) is 4.50. The molecule has 0 saturated heterocycles. The topological polar surface area (TPSA) is 41.1 Å². The highest BCUT2D eigenvalue weighted by Crippen LogP contribution is 2.31. The second kappa shape index (κ2) is 9.05. The minimum Gasteiger partial charge on any atom is -0.381 e. The Bertz CT molecular complexity index is 898. The lowest BCUT2D eigenvalue weighted by atomic mass is 9.92. The van der Waals surface area contributed by atoms with Crippen molar-refractivity contribution in [1.82, 2.24) is 5.32 Å². The Labute approximate surface area is 168 Å². The monoisotopic (exact) mass is 382 g/mol. The summed E-state index contributed by atoms with van der Waals surface area (Å²) >= 11 is 0. The largest absolute Gasteiger partial charge is 0.381 e. The van der Waals surface area contributed by atoms with Crippen LogP contribution in [0.5, 0.6) is 0 Å². The van der Waals surface area contributed by atoms with Crippen LogP contribution in [0.2, 0.25) is 0 Å². The summed E-state index contributed by atoms with van der Waals surface area (Å²) in [6.07, 6.45) is 1.63. The van der Waals surface area contributed by atoms with Gasteiger partial charge < -0.3 is 10.6 Å². The van der Waals surface area contributed by atoms with Gasteiger partial charge in [0.05, 0.1) is 5.69 Å². The van der Waals surface area contributed by atoms with Crippen LogP contribution in [0.4, 0.5) is 10.1 Å². The summed E-state index contributed by atoms with van der Waals surface area (Å²) < 4.78 is 14.5. The van der Waals surface area contributed by atoms with E-state index >= 15 is 0 Å². The summed E-state index contributed by atoms with van der Waals surface area (Å²) in [5, 5.41) is 5.99. The van der Waals surface area contributed by atoms with Gasteiger partial charge in [-0.3, -0.25) is 4.79 Å². The predicted octanol–water partition coefficient (Wildman–Crippen LogP) is 5.86. The van der Waals surface area contributed by atoms with Crippen molar-refractivity contribution in [1.29, 1.82) is 0 Å². The molecule has 0 aliphatic rings. The van der Waals surface area contributed by atoms with Crippen LogP contribution in [0.1, 0.15) is 51.3 Å². The maximum absolute atomic E-state index is 14.5. The SMILES string of the molecule is C/C(=C\C(=O)NC(C)C)c1cc(C)c(-c2ccc(NC(C)C)c(F)c2)cc1C. The summed E-state index contributed by atoms with van der Waals surface area (Å²) in [5.41, 5.74) is 6.39. The Balaban J connectivity index is 2.37. The third kappa shape index (κ3) is 5.44. The molecule has 0 saturated carbocycles. The quantitative estimate of drug-likeness (QED) is 0.615. The van der Waals surface area contributed by atoms with Crippen LogP contribution < -0.4 is 10.6 Å². The first-order chi connectivity index (χ1) is 13.1. The maximum atomic E-state index is 14.5. The van der Waals surface area contributed by atoms with Gasteiger partial charge in [-0.25, -0.2) is 4.39 Å². The number of hydrogen-bond acceptors (Lipinski definition) is 2. The van der Waals surface area contributed by atoms with E-state index in [2.05, 4.69) is 22.8 Å². The fourth-order valence-electron chi connectivity index (χ4n) is 3.26. The van der Waals surface area contributed by atoms with Gasteiger partial charge in [0.25, 0.3) is 0 Å². The van der Waals surface area contributed by atoms with E-state index in [9.17, 15) is 9.18 Å². The third-order valence-electron chi connectivity index (χ3n) is 4.50. The van der Waals surface area contributed by atoms with Gasteiger partial charge in [-0.2, -0.15) is 0 Å². The average molecular weight is 383 g/mol. The summed E-state index contributed by atoms with van der Waals surface area (Å²) in [4.78, 5) is 12.0. The van der Waals surface area contributed by atoms with E-state index in [1.807, 2.05) is 54.5 Å². The molecule has 0 aromatic heterocycles. The lowest BCUT2D eigenvalue weighted by Gasteiger charge is -2.15. The first-order valence-electron chi connectivity index (χ1n) is 9.75. The van der Waals surface area contributed by atoms with Crippen molar-refractivity contribution in [3.8, 4) is 11.1 Å². The van der Waals surface area contributed by atoms with Gasteiger partial charge in [0.1, 0.15) is 5.82 Å². The molecule has 3 nitrogen and oxygen atoms in total. The summed E-state index contributed by atoms with van der Waals surface area (Å²) in [6, 6.07) is 9.70. The lowest BCUT2D eigenvalue weighted by molar-refractivity contribution is -0.116. The Morgan fingerprint density at radius 2 is 1.68 bits per heavy atom. The van der Waals surface area contributed by atoms with Crippen LogP contribution in [0.3, 0.4) is 0 Å². The van der Waals surface area contributed by atoms with Crippen LogP contribution in [-0.4, -0.2) is 18.0 Å². The molecule has 0 aliphatic carbocycles. The molecule has 0 bridgehead atoms. The highest BCUT2D eigenvalue weighted by atomic mass is 19.1. The van der Waals surface area contributed by atoms with E-state index in [-0.39, 0.29) is 23.8 Å². The fourth-order valence-corrected chi connectivity index (χ4v) is 3.26. The second-order valence-electron chi connectivity index (χ2n) is 7.97. The number of carbonyl (C=O) groups excluding carboxylic acids is 1. The number of rotatable bonds is 6. The molecule has 0 heterocycles. The molecule has 0 atom stereocenters. The number of benzene rings is 2. The number of nitrogens with one attached hydrogen (secondary N) is 2. The van der Waals surface area contributed by atoms with Crippen LogP contribution in [0.25, 0.3) is 16.7 Å². The number of amides is 1. The van der Waals surface area contributed by atoms with E-state index in [4.69, 9.17) is 0 Å². The summed E-state index contributed by atoms with van der Waals surface area (Å²) in [5.74, 6) is -0.349. The van der Waals surface area contributed by atoms with E-state index in [1.54, 1.807) is 18.2 Å². The zero-order valence-electron chi connectivity index (χ0n) is 17.9. The number of allylic oxidation sites excluding steroid dienone is 1. The van der Waals surface area contributed by atoms with Crippen molar-refractivity contribution in [2.75, 3.05) is 5.32 Å². The molecule has 2 aromatic rings. The number of carbonyl (C=O) groups is 1. The Kier molecular flexibility index (Phi) is 7.00. The average Bonchev–Trinajstić information content (AvgIpc) is 2.57. The van der Waals surface area contributed by atoms with Gasteiger partial charge in [-0.05, 0) is 94.0 Å². The molecule has 4 heteroatoms. The summed E-state index contributed by atoms with van der Waals surface area (Å²) in [6.45, 7) is 13.8. The fraction of sp³-hybridized carbons (Fsp3) is 0.375. The number of halogens is 1. The first kappa shape index (κ1) is 21.7. The van der Waals surface area contributed by atoms with Crippen molar-refractivity contribution in [3.63, 3.8) is 0 Å². The minimum atomic E-state index is -0.256. The van der Waals surface area contributed by atoms with Crippen LogP contribution in [0, 0.1) is 19.7 Å². The molecular formula is C24H31FN2O. The highest BCUT2D eigenvalue weighted by molar-refractivity contribution is 5.95. The molecular weight excluding hydrogens is 351 g/mol. The number of anilines is 1. The van der Waals surface area contributed by atoms with Crippen molar-refractivity contribution in [3.05, 3.63) is 58.9 Å². The van der Waals surface area contributed by atoms with Gasteiger partial charge in [-0.1, -0.05) is 18.2 Å². The van der Waals surface area contributed by atoms with Gasteiger partial charge in [0.15, 0.2) is 0 Å². The number of aryl methyl sites for hydroxylation is 2. The zero-order chi connectivity index (χ0) is 21.0. The Morgan fingerprint density at radius 1 is 1.00 bits per heavy atom. The zero-order valence-corrected chi connectivity index (χ0v) is 17.9. The number of hydrogen-bond donors (Lipinski definition) is 2. The van der Waals surface area contributed by atoms with Gasteiger partial charge in [0, 0.05) is 18.2 Å². The molecule has 0 unspecified atom stereocenters. The van der Waals surface area contributed by atoms with Crippen molar-refractivity contribution in [2.24, 2.45) is 0 Å². The van der Waals surface area contributed by atoms with Crippen LogP contribution in [0.15, 0.2) is 36.4 Å². The Hall–Kier alpha value is -2.62. The second-order valence-corrected chi connectivity index (χ2v) is 7.97. The molecule has 1 amide bonds. The van der Waals surface area contributed by atoms with E-state index in [0.717, 1.165) is 33.4 Å². The molecule has 28 heavy (non-hydrogen) atoms. The molecule has 2 aromatic carbocycles. The highest BCUT2D eigenvalue weighted by Gasteiger charge is 2.12. The van der Waals surface area contributed by atoms with E-state index in [0.29, 0.717) is 5.69 Å². The predicted molar refractivity (Wildman–Crippen MR) is 117 cm³/mol. The minimum absolute atomic E-state index is 0.0936. The molecule has 0 spiro atoms. The van der Waals surface area contributed by atoms with Gasteiger partial charge in [-0.15, -0.1) is 0 Å². The Morgan fingerprint density at radius 3 is 2.25 bits per heavy atom. The van der Waals surface area contributed by atoms with Crippen LogP contribution >= 0.6 is 0 Å². The lowest BCUT2D eigenvalue weighted by Crippen LogP contribution is -2.28. The van der Waals surface area contributed by atoms with Crippen LogP contribution in [-0.2, 0) is 4.79 Å². The van der Waals surface area contributed by atoms with Crippen molar-refractivity contribution >= 4 is 17.2 Å². The molecule has 0 radical (unpaired) electrons. The van der Waals surface area contributed by atoms with Gasteiger partial charge >= 0.3 is 0 Å². The van der Waals surface area contributed by atoms with Crippen molar-refractivity contribution < 1.29 is 9.18 Å². The maximum Gasteiger partial charge on any atom is 0.244 e. The van der Waals surface area contributed by atoms with Gasteiger partial charge in [0.2, 0.25) is 5.91 Å². The van der Waals surface area contributed by atoms with E-state index in [1.165, 1.54) is 0 Å². The first-order valence-corrected chi connectivity index (χ1v) is 9.75. The molecule has 0 aliphatic heterocycles. The standard InChI is InChI=1S/C24H31FN2O/c1-14(2)26-23-9-8-19(13-22(23)25)21-11-16(5)20(10-17(21)6)18(7)12-24(28)27-15(3)4/h8-15,26H,1-7H3,(H,27,28)/b18-12+.